The summed E-state index contributed by atoms with van der Waals surface area (Å²) in [6.07, 6.45) is -4.54. The molecule has 0 aliphatic rings. The van der Waals surface area contributed by atoms with Gasteiger partial charge in [-0.1, -0.05) is 23.7 Å². The fourth-order valence-electron chi connectivity index (χ4n) is 2.58. The maximum Gasteiger partial charge on any atom is 0.416 e. The van der Waals surface area contributed by atoms with E-state index in [0.29, 0.717) is 15.6 Å². The maximum atomic E-state index is 12.6. The molecule has 1 unspecified atom stereocenters. The molecule has 1 atom stereocenters. The Bertz CT molecular complexity index is 1060. The zero-order valence-corrected chi connectivity index (χ0v) is 16.1. The summed E-state index contributed by atoms with van der Waals surface area (Å²) in [7, 11) is 0. The van der Waals surface area contributed by atoms with Crippen molar-refractivity contribution < 1.29 is 18.0 Å². The molecule has 2 heterocycles. The Morgan fingerprint density at radius 1 is 1.14 bits per heavy atom. The van der Waals surface area contributed by atoms with Gasteiger partial charge in [-0.25, -0.2) is 4.68 Å². The third-order valence-corrected chi connectivity index (χ3v) is 5.40. The van der Waals surface area contributed by atoms with Crippen molar-refractivity contribution in [1.82, 2.24) is 9.78 Å². The number of carbonyl (C=O) groups is 1. The highest BCUT2D eigenvalue weighted by Crippen LogP contribution is 2.30. The molecular formula is C19H14ClF3N2O2S. The average Bonchev–Trinajstić information content (AvgIpc) is 3.07. The Kier molecular flexibility index (Phi) is 5.71. The van der Waals surface area contributed by atoms with E-state index >= 15 is 0 Å². The van der Waals surface area contributed by atoms with Gasteiger partial charge in [0.15, 0.2) is 5.78 Å². The van der Waals surface area contributed by atoms with E-state index < -0.39 is 23.3 Å². The predicted octanol–water partition coefficient (Wildman–Crippen LogP) is 5.02. The first-order chi connectivity index (χ1) is 13.1. The Morgan fingerprint density at radius 2 is 1.82 bits per heavy atom. The third-order valence-electron chi connectivity index (χ3n) is 4.14. The van der Waals surface area contributed by atoms with Crippen LogP contribution in [0.4, 0.5) is 13.2 Å². The molecule has 0 aliphatic carbocycles. The van der Waals surface area contributed by atoms with E-state index in [0.717, 1.165) is 21.7 Å². The van der Waals surface area contributed by atoms with Crippen LogP contribution in [0, 0.1) is 0 Å². The lowest BCUT2D eigenvalue weighted by Crippen LogP contribution is -2.30. The van der Waals surface area contributed by atoms with Crippen LogP contribution in [0.5, 0.6) is 0 Å². The number of halogens is 4. The lowest BCUT2D eigenvalue weighted by Gasteiger charge is -2.14. The molecule has 9 heteroatoms. The van der Waals surface area contributed by atoms with E-state index in [1.54, 1.807) is 18.2 Å². The lowest BCUT2D eigenvalue weighted by atomic mass is 10.0. The minimum Gasteiger partial charge on any atom is -0.297 e. The molecular weight excluding hydrogens is 413 g/mol. The van der Waals surface area contributed by atoms with Gasteiger partial charge in [0.05, 0.1) is 14.8 Å². The summed E-state index contributed by atoms with van der Waals surface area (Å²) in [4.78, 5) is 25.5. The normalized spacial score (nSPS) is 12.8. The average molecular weight is 427 g/mol. The van der Waals surface area contributed by atoms with Crippen molar-refractivity contribution in [2.75, 3.05) is 0 Å². The standard InChI is InChI=1S/C19H14ClF3N2O2S/c1-11(15(26)10-12-2-4-13(5-3-12)19(21,22)23)25-18(27)9-6-14(24-25)16-7-8-17(20)28-16/h2-9,11H,10H2,1H3. The SMILES string of the molecule is CC(C(=O)Cc1ccc(C(F)(F)F)cc1)n1nc(-c2ccc(Cl)s2)ccc1=O. The van der Waals surface area contributed by atoms with Crippen molar-refractivity contribution in [3.05, 3.63) is 74.3 Å². The Hall–Kier alpha value is -2.45. The van der Waals surface area contributed by atoms with Crippen LogP contribution in [-0.2, 0) is 17.4 Å². The molecule has 0 spiro atoms. The smallest absolute Gasteiger partial charge is 0.297 e. The number of rotatable bonds is 5. The molecule has 0 aliphatic heterocycles. The molecule has 0 N–H and O–H groups in total. The van der Waals surface area contributed by atoms with Gasteiger partial charge in [-0.05, 0) is 42.8 Å². The molecule has 146 valence electrons. The number of thiophene rings is 1. The van der Waals surface area contributed by atoms with Crippen molar-refractivity contribution in [3.8, 4) is 10.6 Å². The predicted molar refractivity (Wildman–Crippen MR) is 102 cm³/mol. The van der Waals surface area contributed by atoms with Gasteiger partial charge in [0.1, 0.15) is 11.7 Å². The highest BCUT2D eigenvalue weighted by molar-refractivity contribution is 7.19. The zero-order chi connectivity index (χ0) is 20.5. The fourth-order valence-corrected chi connectivity index (χ4v) is 3.59. The molecule has 3 rings (SSSR count). The minimum atomic E-state index is -4.43. The maximum absolute atomic E-state index is 12.6. The van der Waals surface area contributed by atoms with Crippen LogP contribution in [-0.4, -0.2) is 15.6 Å². The summed E-state index contributed by atoms with van der Waals surface area (Å²) in [5, 5.41) is 4.25. The summed E-state index contributed by atoms with van der Waals surface area (Å²) in [6.45, 7) is 1.53. The van der Waals surface area contributed by atoms with Crippen LogP contribution >= 0.6 is 22.9 Å². The zero-order valence-electron chi connectivity index (χ0n) is 14.5. The second-order valence-corrected chi connectivity index (χ2v) is 7.83. The van der Waals surface area contributed by atoms with Crippen molar-refractivity contribution in [1.29, 1.82) is 0 Å². The highest BCUT2D eigenvalue weighted by Gasteiger charge is 2.30. The van der Waals surface area contributed by atoms with E-state index in [-0.39, 0.29) is 12.2 Å². The van der Waals surface area contributed by atoms with Crippen molar-refractivity contribution in [2.45, 2.75) is 25.6 Å². The highest BCUT2D eigenvalue weighted by atomic mass is 35.5. The summed E-state index contributed by atoms with van der Waals surface area (Å²) in [5.41, 5.74) is -0.290. The van der Waals surface area contributed by atoms with Crippen LogP contribution < -0.4 is 5.56 Å². The van der Waals surface area contributed by atoms with E-state index in [9.17, 15) is 22.8 Å². The Morgan fingerprint density at radius 3 is 2.39 bits per heavy atom. The van der Waals surface area contributed by atoms with Crippen LogP contribution in [0.25, 0.3) is 10.6 Å². The molecule has 3 aromatic rings. The summed E-state index contributed by atoms with van der Waals surface area (Å²) >= 11 is 7.21. The van der Waals surface area contributed by atoms with E-state index in [2.05, 4.69) is 5.10 Å². The molecule has 2 aromatic heterocycles. The van der Waals surface area contributed by atoms with Gasteiger partial charge in [0.25, 0.3) is 5.56 Å². The number of hydrogen-bond acceptors (Lipinski definition) is 4. The second-order valence-electron chi connectivity index (χ2n) is 6.12. The molecule has 4 nitrogen and oxygen atoms in total. The van der Waals surface area contributed by atoms with Gasteiger partial charge in [-0.2, -0.15) is 18.3 Å². The van der Waals surface area contributed by atoms with Gasteiger partial charge in [0.2, 0.25) is 0 Å². The molecule has 28 heavy (non-hydrogen) atoms. The van der Waals surface area contributed by atoms with Gasteiger partial charge in [0, 0.05) is 12.5 Å². The van der Waals surface area contributed by atoms with Gasteiger partial charge >= 0.3 is 6.18 Å². The third kappa shape index (κ3) is 4.51. The quantitative estimate of drug-likeness (QED) is 0.575. The van der Waals surface area contributed by atoms with Gasteiger partial charge in [-0.15, -0.1) is 11.3 Å². The number of hydrogen-bond donors (Lipinski definition) is 0. The number of alkyl halides is 3. The van der Waals surface area contributed by atoms with Gasteiger partial charge in [-0.3, -0.25) is 9.59 Å². The van der Waals surface area contributed by atoms with E-state index in [1.165, 1.54) is 36.5 Å². The lowest BCUT2D eigenvalue weighted by molar-refractivity contribution is -0.137. The van der Waals surface area contributed by atoms with Crippen LogP contribution in [0.3, 0.4) is 0 Å². The summed E-state index contributed by atoms with van der Waals surface area (Å²) in [6, 6.07) is 9.84. The first kappa shape index (κ1) is 20.3. The van der Waals surface area contributed by atoms with Crippen LogP contribution in [0.2, 0.25) is 4.34 Å². The molecule has 0 fully saturated rings. The topological polar surface area (TPSA) is 52.0 Å². The first-order valence-corrected chi connectivity index (χ1v) is 9.39. The number of carbonyl (C=O) groups excluding carboxylic acids is 1. The van der Waals surface area contributed by atoms with Gasteiger partial charge < -0.3 is 0 Å². The molecule has 0 bridgehead atoms. The first-order valence-electron chi connectivity index (χ1n) is 8.19. The van der Waals surface area contributed by atoms with Crippen LogP contribution in [0.15, 0.2) is 53.3 Å². The summed E-state index contributed by atoms with van der Waals surface area (Å²) in [5.74, 6) is -0.337. The molecule has 1 aromatic carbocycles. The number of ketones is 1. The minimum absolute atomic E-state index is 0.109. The van der Waals surface area contributed by atoms with Crippen molar-refractivity contribution in [2.24, 2.45) is 0 Å². The van der Waals surface area contributed by atoms with E-state index in [4.69, 9.17) is 11.6 Å². The Balaban J connectivity index is 1.80. The summed E-state index contributed by atoms with van der Waals surface area (Å²) < 4.78 is 39.6. The number of Topliss-reactive ketones (excluding diaryl/α,β-unsaturated/α-hetero) is 1. The second kappa shape index (κ2) is 7.89. The van der Waals surface area contributed by atoms with Crippen molar-refractivity contribution >= 4 is 28.7 Å². The molecule has 0 saturated heterocycles. The number of benzene rings is 1. The number of nitrogens with zero attached hydrogens (tertiary/aromatic N) is 2. The van der Waals surface area contributed by atoms with Crippen LogP contribution in [0.1, 0.15) is 24.1 Å². The molecule has 0 radical (unpaired) electrons. The van der Waals surface area contributed by atoms with Crippen molar-refractivity contribution in [3.63, 3.8) is 0 Å². The Labute approximate surface area is 167 Å². The monoisotopic (exact) mass is 426 g/mol. The van der Waals surface area contributed by atoms with E-state index in [1.807, 2.05) is 0 Å². The molecule has 0 saturated carbocycles. The largest absolute Gasteiger partial charge is 0.416 e. The number of aromatic nitrogens is 2. The molecule has 0 amide bonds. The fraction of sp³-hybridized carbons (Fsp3) is 0.211.